The lowest BCUT2D eigenvalue weighted by Gasteiger charge is -2.13. The van der Waals surface area contributed by atoms with Crippen LogP contribution in [0.5, 0.6) is 0 Å². The summed E-state index contributed by atoms with van der Waals surface area (Å²) < 4.78 is 13.8. The SMILES string of the molecule is CC(C)n1ccc2ccc(B3OC4(C)CC4(C)O3)cc2c1=O. The summed E-state index contributed by atoms with van der Waals surface area (Å²) in [5.74, 6) is 0. The largest absolute Gasteiger partial charge is 0.494 e. The topological polar surface area (TPSA) is 40.5 Å². The number of pyridine rings is 1. The number of aromatic nitrogens is 1. The van der Waals surface area contributed by atoms with Gasteiger partial charge < -0.3 is 13.9 Å². The zero-order chi connectivity index (χ0) is 15.7. The summed E-state index contributed by atoms with van der Waals surface area (Å²) in [5.41, 5.74) is 0.596. The molecule has 0 N–H and O–H groups in total. The quantitative estimate of drug-likeness (QED) is 0.798. The van der Waals surface area contributed by atoms with E-state index in [0.29, 0.717) is 0 Å². The van der Waals surface area contributed by atoms with Crippen molar-refractivity contribution in [1.29, 1.82) is 0 Å². The smallest absolute Gasteiger partial charge is 0.399 e. The Morgan fingerprint density at radius 3 is 2.50 bits per heavy atom. The highest BCUT2D eigenvalue weighted by Gasteiger charge is 2.71. The third kappa shape index (κ3) is 1.82. The van der Waals surface area contributed by atoms with E-state index in [2.05, 4.69) is 13.8 Å². The van der Waals surface area contributed by atoms with Gasteiger partial charge in [0.2, 0.25) is 0 Å². The first-order valence-corrected chi connectivity index (χ1v) is 7.83. The van der Waals surface area contributed by atoms with E-state index in [9.17, 15) is 4.79 Å². The molecule has 2 heterocycles. The Balaban J connectivity index is 1.78. The Kier molecular flexibility index (Phi) is 2.70. The van der Waals surface area contributed by atoms with Crippen molar-refractivity contribution in [2.24, 2.45) is 0 Å². The first-order valence-electron chi connectivity index (χ1n) is 7.83. The standard InChI is InChI=1S/C17H20BNO3/c1-11(2)19-8-7-12-5-6-13(9-14(12)15(19)20)18-21-16(3)10-17(16,4)22-18/h5-9,11H,10H2,1-4H3. The van der Waals surface area contributed by atoms with E-state index in [-0.39, 0.29) is 29.9 Å². The molecule has 1 saturated heterocycles. The Labute approximate surface area is 130 Å². The van der Waals surface area contributed by atoms with Crippen LogP contribution in [0.1, 0.15) is 40.2 Å². The number of nitrogens with zero attached hydrogens (tertiary/aromatic N) is 1. The van der Waals surface area contributed by atoms with Crippen molar-refractivity contribution in [2.45, 2.75) is 51.4 Å². The van der Waals surface area contributed by atoms with Gasteiger partial charge in [0.1, 0.15) is 0 Å². The van der Waals surface area contributed by atoms with Gasteiger partial charge in [0.25, 0.3) is 5.56 Å². The molecule has 1 aromatic carbocycles. The average molecular weight is 297 g/mol. The fraction of sp³-hybridized carbons (Fsp3) is 0.471. The summed E-state index contributed by atoms with van der Waals surface area (Å²) in [6.45, 7) is 8.19. The Bertz CT molecular complexity index is 814. The zero-order valence-electron chi connectivity index (χ0n) is 13.4. The first kappa shape index (κ1) is 14.0. The third-order valence-electron chi connectivity index (χ3n) is 5.19. The first-order chi connectivity index (χ1) is 10.3. The van der Waals surface area contributed by atoms with Gasteiger partial charge in [-0.1, -0.05) is 12.1 Å². The number of hydrogen-bond donors (Lipinski definition) is 0. The summed E-state index contributed by atoms with van der Waals surface area (Å²) in [6.07, 6.45) is 2.79. The van der Waals surface area contributed by atoms with Crippen LogP contribution in [0.15, 0.2) is 35.3 Å². The molecule has 1 saturated carbocycles. The summed E-state index contributed by atoms with van der Waals surface area (Å²) in [7, 11) is -0.375. The second kappa shape index (κ2) is 4.24. The number of rotatable bonds is 2. The van der Waals surface area contributed by atoms with Gasteiger partial charge in [-0.3, -0.25) is 4.79 Å². The molecule has 1 aliphatic heterocycles. The van der Waals surface area contributed by atoms with Crippen LogP contribution >= 0.6 is 0 Å². The van der Waals surface area contributed by atoms with Crippen molar-refractivity contribution < 1.29 is 9.31 Å². The van der Waals surface area contributed by atoms with Crippen molar-refractivity contribution in [3.63, 3.8) is 0 Å². The molecule has 4 nitrogen and oxygen atoms in total. The van der Waals surface area contributed by atoms with Gasteiger partial charge in [0.15, 0.2) is 0 Å². The maximum atomic E-state index is 12.6. The van der Waals surface area contributed by atoms with E-state index in [0.717, 1.165) is 22.7 Å². The summed E-state index contributed by atoms with van der Waals surface area (Å²) >= 11 is 0. The summed E-state index contributed by atoms with van der Waals surface area (Å²) in [5, 5.41) is 1.67. The van der Waals surface area contributed by atoms with Crippen molar-refractivity contribution in [3.05, 3.63) is 40.8 Å². The fourth-order valence-electron chi connectivity index (χ4n) is 3.39. The highest BCUT2D eigenvalue weighted by Crippen LogP contribution is 2.58. The van der Waals surface area contributed by atoms with Gasteiger partial charge in [-0.15, -0.1) is 0 Å². The van der Waals surface area contributed by atoms with Crippen molar-refractivity contribution >= 4 is 23.4 Å². The molecule has 2 aliphatic rings. The zero-order valence-corrected chi connectivity index (χ0v) is 13.4. The maximum Gasteiger partial charge on any atom is 0.494 e. The molecule has 0 bridgehead atoms. The minimum atomic E-state index is -0.375. The molecule has 22 heavy (non-hydrogen) atoms. The van der Waals surface area contributed by atoms with Gasteiger partial charge >= 0.3 is 7.12 Å². The van der Waals surface area contributed by atoms with E-state index in [1.54, 1.807) is 4.57 Å². The Morgan fingerprint density at radius 2 is 1.86 bits per heavy atom. The lowest BCUT2D eigenvalue weighted by molar-refractivity contribution is 0.187. The van der Waals surface area contributed by atoms with Crippen molar-refractivity contribution in [3.8, 4) is 0 Å². The van der Waals surface area contributed by atoms with Gasteiger partial charge in [0, 0.05) is 24.0 Å². The molecular weight excluding hydrogens is 277 g/mol. The molecular formula is C17H20BNO3. The maximum absolute atomic E-state index is 12.6. The van der Waals surface area contributed by atoms with E-state index < -0.39 is 0 Å². The second-order valence-electron chi connectivity index (χ2n) is 7.17. The second-order valence-corrected chi connectivity index (χ2v) is 7.17. The van der Waals surface area contributed by atoms with Gasteiger partial charge in [-0.25, -0.2) is 0 Å². The number of fused-ring (bicyclic) bond motifs is 2. The van der Waals surface area contributed by atoms with E-state index in [1.165, 1.54) is 0 Å². The highest BCUT2D eigenvalue weighted by atomic mass is 16.7. The molecule has 5 heteroatoms. The molecule has 2 fully saturated rings. The minimum Gasteiger partial charge on any atom is -0.399 e. The molecule has 2 aromatic rings. The van der Waals surface area contributed by atoms with E-state index >= 15 is 0 Å². The van der Waals surface area contributed by atoms with Gasteiger partial charge in [-0.05, 0) is 50.7 Å². The monoisotopic (exact) mass is 297 g/mol. The molecule has 0 amide bonds. The molecule has 1 aliphatic carbocycles. The number of benzene rings is 1. The predicted molar refractivity (Wildman–Crippen MR) is 87.6 cm³/mol. The lowest BCUT2D eigenvalue weighted by atomic mass is 9.78. The van der Waals surface area contributed by atoms with Crippen molar-refractivity contribution in [1.82, 2.24) is 4.57 Å². The van der Waals surface area contributed by atoms with Crippen LogP contribution in [0.4, 0.5) is 0 Å². The third-order valence-corrected chi connectivity index (χ3v) is 5.19. The predicted octanol–water partition coefficient (Wildman–Crippen LogP) is 2.25. The molecule has 114 valence electrons. The van der Waals surface area contributed by atoms with Crippen LogP contribution in [-0.4, -0.2) is 22.9 Å². The summed E-state index contributed by atoms with van der Waals surface area (Å²) in [6, 6.07) is 8.00. The average Bonchev–Trinajstić information content (AvgIpc) is 2.87. The van der Waals surface area contributed by atoms with Gasteiger partial charge in [-0.2, -0.15) is 0 Å². The fourth-order valence-corrected chi connectivity index (χ4v) is 3.39. The van der Waals surface area contributed by atoms with Gasteiger partial charge in [0.05, 0.1) is 11.2 Å². The molecule has 2 atom stereocenters. The van der Waals surface area contributed by atoms with Crippen LogP contribution in [0.25, 0.3) is 10.8 Å². The van der Waals surface area contributed by atoms with Crippen molar-refractivity contribution in [2.75, 3.05) is 0 Å². The van der Waals surface area contributed by atoms with Crippen LogP contribution in [0, 0.1) is 0 Å². The van der Waals surface area contributed by atoms with E-state index in [1.807, 2.05) is 44.3 Å². The minimum absolute atomic E-state index is 0.0370. The number of hydrogen-bond acceptors (Lipinski definition) is 3. The van der Waals surface area contributed by atoms with Crippen LogP contribution in [0.3, 0.4) is 0 Å². The molecule has 1 aromatic heterocycles. The van der Waals surface area contributed by atoms with Crippen LogP contribution in [-0.2, 0) is 9.31 Å². The molecule has 0 radical (unpaired) electrons. The van der Waals surface area contributed by atoms with Crippen LogP contribution < -0.4 is 11.0 Å². The van der Waals surface area contributed by atoms with Crippen LogP contribution in [0.2, 0.25) is 0 Å². The Hall–Kier alpha value is -1.59. The molecule has 0 spiro atoms. The summed E-state index contributed by atoms with van der Waals surface area (Å²) in [4.78, 5) is 12.6. The molecule has 2 unspecified atom stereocenters. The normalized spacial score (nSPS) is 30.1. The lowest BCUT2D eigenvalue weighted by Crippen LogP contribution is -2.36. The molecule has 4 rings (SSSR count). The van der Waals surface area contributed by atoms with E-state index in [4.69, 9.17) is 9.31 Å². The Morgan fingerprint density at radius 1 is 1.18 bits per heavy atom. The highest BCUT2D eigenvalue weighted by molar-refractivity contribution is 6.62.